The molecule has 2 heterocycles. The zero-order valence-corrected chi connectivity index (χ0v) is 21.0. The largest absolute Gasteiger partial charge is 0.416 e. The summed E-state index contributed by atoms with van der Waals surface area (Å²) >= 11 is 0. The Morgan fingerprint density at radius 2 is 1.86 bits per heavy atom. The Balaban J connectivity index is 0.00000108. The number of benzene rings is 1. The molecule has 1 amide bonds. The van der Waals surface area contributed by atoms with Crippen molar-refractivity contribution < 1.29 is 22.7 Å². The van der Waals surface area contributed by atoms with Gasteiger partial charge in [0.2, 0.25) is 5.91 Å². The number of nitrogens with two attached hydrogens (primary N) is 1. The number of hydrogen-bond donors (Lipinski definition) is 3. The molecule has 6 nitrogen and oxygen atoms in total. The Morgan fingerprint density at radius 3 is 2.51 bits per heavy atom. The van der Waals surface area contributed by atoms with Crippen LogP contribution >= 0.6 is 0 Å². The molecule has 0 aromatic heterocycles. The maximum absolute atomic E-state index is 13.4. The molecule has 2 aliphatic heterocycles. The van der Waals surface area contributed by atoms with E-state index < -0.39 is 11.7 Å². The number of alkyl halides is 3. The highest BCUT2D eigenvalue weighted by molar-refractivity contribution is 5.79. The lowest BCUT2D eigenvalue weighted by molar-refractivity contribution is -0.137. The molecule has 4 N–H and O–H groups in total. The van der Waals surface area contributed by atoms with Gasteiger partial charge < -0.3 is 26.0 Å². The predicted molar refractivity (Wildman–Crippen MR) is 131 cm³/mol. The third-order valence-corrected chi connectivity index (χ3v) is 6.93. The standard InChI is InChI=1S/C23H33F3N4O2.C3H8/c24-23(25,26)17-2-4-20-16(11-17)13-30(14-21(20)28-8-7-27)22(31)15-1-3-19(12-15)29-18-5-9-32-10-6-18;1-3-2/h2,4,11,15,18-19,21,28-29H,1,3,5-10,12-14,27H2;3H2,1-2H3. The van der Waals surface area contributed by atoms with Crippen LogP contribution in [0.4, 0.5) is 13.2 Å². The van der Waals surface area contributed by atoms with E-state index in [1.54, 1.807) is 4.90 Å². The zero-order valence-electron chi connectivity index (χ0n) is 21.0. The lowest BCUT2D eigenvalue weighted by Crippen LogP contribution is -2.46. The van der Waals surface area contributed by atoms with Gasteiger partial charge in [-0.1, -0.05) is 26.3 Å². The lowest BCUT2D eigenvalue weighted by atomic mass is 9.92. The number of nitrogens with zero attached hydrogens (tertiary/aromatic N) is 1. The molecular weight excluding hydrogens is 457 g/mol. The molecule has 3 unspecified atom stereocenters. The van der Waals surface area contributed by atoms with Crippen molar-refractivity contribution in [3.8, 4) is 0 Å². The Kier molecular flexibility index (Phi) is 10.4. The molecule has 0 radical (unpaired) electrons. The smallest absolute Gasteiger partial charge is 0.381 e. The van der Waals surface area contributed by atoms with Gasteiger partial charge in [-0.3, -0.25) is 4.79 Å². The van der Waals surface area contributed by atoms with Gasteiger partial charge >= 0.3 is 6.18 Å². The molecule has 4 rings (SSSR count). The summed E-state index contributed by atoms with van der Waals surface area (Å²) in [5.74, 6) is -0.0428. The Hall–Kier alpha value is -1.68. The average Bonchev–Trinajstić information content (AvgIpc) is 3.30. The van der Waals surface area contributed by atoms with Gasteiger partial charge in [0.1, 0.15) is 0 Å². The van der Waals surface area contributed by atoms with Gasteiger partial charge in [-0.25, -0.2) is 0 Å². The van der Waals surface area contributed by atoms with Crippen molar-refractivity contribution >= 4 is 5.91 Å². The average molecular weight is 499 g/mol. The van der Waals surface area contributed by atoms with Gasteiger partial charge in [0.25, 0.3) is 0 Å². The van der Waals surface area contributed by atoms with E-state index in [-0.39, 0.29) is 24.4 Å². The van der Waals surface area contributed by atoms with Gasteiger partial charge in [0.15, 0.2) is 0 Å². The van der Waals surface area contributed by atoms with Crippen LogP contribution in [0.1, 0.15) is 75.1 Å². The lowest BCUT2D eigenvalue weighted by Gasteiger charge is -2.37. The van der Waals surface area contributed by atoms with Gasteiger partial charge in [-0.2, -0.15) is 13.2 Å². The number of halogens is 3. The maximum Gasteiger partial charge on any atom is 0.416 e. The molecule has 1 aromatic rings. The van der Waals surface area contributed by atoms with E-state index in [4.69, 9.17) is 10.5 Å². The van der Waals surface area contributed by atoms with Crippen molar-refractivity contribution in [1.29, 1.82) is 0 Å². The van der Waals surface area contributed by atoms with Crippen LogP contribution < -0.4 is 16.4 Å². The van der Waals surface area contributed by atoms with E-state index >= 15 is 0 Å². The minimum atomic E-state index is -4.41. The number of fused-ring (bicyclic) bond motifs is 1. The Morgan fingerprint density at radius 1 is 1.14 bits per heavy atom. The van der Waals surface area contributed by atoms with Crippen LogP contribution in [-0.4, -0.2) is 55.7 Å². The molecule has 198 valence electrons. The molecule has 35 heavy (non-hydrogen) atoms. The first-order valence-corrected chi connectivity index (χ1v) is 13.0. The summed E-state index contributed by atoms with van der Waals surface area (Å²) in [7, 11) is 0. The fourth-order valence-corrected chi connectivity index (χ4v) is 5.26. The van der Waals surface area contributed by atoms with Crippen molar-refractivity contribution in [3.05, 3.63) is 34.9 Å². The monoisotopic (exact) mass is 498 g/mol. The van der Waals surface area contributed by atoms with Crippen molar-refractivity contribution in [1.82, 2.24) is 15.5 Å². The van der Waals surface area contributed by atoms with E-state index in [1.165, 1.54) is 18.6 Å². The second-order valence-electron chi connectivity index (χ2n) is 9.89. The van der Waals surface area contributed by atoms with E-state index in [0.29, 0.717) is 37.3 Å². The number of hydrogen-bond acceptors (Lipinski definition) is 5. The first-order chi connectivity index (χ1) is 16.8. The second-order valence-corrected chi connectivity index (χ2v) is 9.89. The SMILES string of the molecule is CCC.NCCNC1CN(C(=O)C2CCC(NC3CCOCC3)C2)Cc2cc(C(F)(F)F)ccc21. The molecule has 1 saturated carbocycles. The molecule has 3 aliphatic rings. The highest BCUT2D eigenvalue weighted by Gasteiger charge is 2.38. The number of carbonyl (C=O) groups excluding carboxylic acids is 1. The number of ether oxygens (including phenoxy) is 1. The zero-order chi connectivity index (χ0) is 25.4. The Bertz CT molecular complexity index is 814. The maximum atomic E-state index is 13.4. The molecule has 1 saturated heterocycles. The van der Waals surface area contributed by atoms with Crippen LogP contribution in [0.15, 0.2) is 18.2 Å². The molecular formula is C26H41F3N4O2. The van der Waals surface area contributed by atoms with Crippen LogP contribution in [-0.2, 0) is 22.3 Å². The molecule has 0 spiro atoms. The molecule has 9 heteroatoms. The molecule has 1 aromatic carbocycles. The third kappa shape index (κ3) is 7.65. The summed E-state index contributed by atoms with van der Waals surface area (Å²) in [5.41, 5.74) is 6.33. The van der Waals surface area contributed by atoms with Gasteiger partial charge in [0.05, 0.1) is 11.6 Å². The normalized spacial score (nSPS) is 25.1. The summed E-state index contributed by atoms with van der Waals surface area (Å²) < 4.78 is 45.2. The van der Waals surface area contributed by atoms with Crippen LogP contribution in [0.25, 0.3) is 0 Å². The minimum Gasteiger partial charge on any atom is -0.381 e. The van der Waals surface area contributed by atoms with E-state index in [1.807, 2.05) is 0 Å². The summed E-state index contributed by atoms with van der Waals surface area (Å²) in [5, 5.41) is 6.98. The fraction of sp³-hybridized carbons (Fsp3) is 0.731. The highest BCUT2D eigenvalue weighted by atomic mass is 19.4. The summed E-state index contributed by atoms with van der Waals surface area (Å²) in [6.07, 6.45) is 1.37. The van der Waals surface area contributed by atoms with Crippen LogP contribution in [0.3, 0.4) is 0 Å². The van der Waals surface area contributed by atoms with Crippen molar-refractivity contribution in [3.63, 3.8) is 0 Å². The number of nitrogens with one attached hydrogen (secondary N) is 2. The second kappa shape index (κ2) is 13.0. The van der Waals surface area contributed by atoms with Crippen LogP contribution in [0.5, 0.6) is 0 Å². The first-order valence-electron chi connectivity index (χ1n) is 13.0. The number of amides is 1. The van der Waals surface area contributed by atoms with Crippen molar-refractivity contribution in [2.45, 2.75) is 83.2 Å². The number of carbonyl (C=O) groups is 1. The third-order valence-electron chi connectivity index (χ3n) is 6.93. The van der Waals surface area contributed by atoms with E-state index in [0.717, 1.165) is 56.9 Å². The van der Waals surface area contributed by atoms with Crippen LogP contribution in [0.2, 0.25) is 0 Å². The molecule has 0 bridgehead atoms. The van der Waals surface area contributed by atoms with Gasteiger partial charge in [-0.15, -0.1) is 0 Å². The summed E-state index contributed by atoms with van der Waals surface area (Å²) in [4.78, 5) is 15.1. The number of rotatable bonds is 6. The predicted octanol–water partition coefficient (Wildman–Crippen LogP) is 3.99. The topological polar surface area (TPSA) is 79.6 Å². The van der Waals surface area contributed by atoms with E-state index in [2.05, 4.69) is 24.5 Å². The van der Waals surface area contributed by atoms with E-state index in [9.17, 15) is 18.0 Å². The summed E-state index contributed by atoms with van der Waals surface area (Å²) in [6.45, 7) is 7.42. The van der Waals surface area contributed by atoms with Gasteiger partial charge in [-0.05, 0) is 55.4 Å². The summed E-state index contributed by atoms with van der Waals surface area (Å²) in [6, 6.07) is 4.39. The highest BCUT2D eigenvalue weighted by Crippen LogP contribution is 2.36. The van der Waals surface area contributed by atoms with Crippen LogP contribution in [0, 0.1) is 5.92 Å². The van der Waals surface area contributed by atoms with Crippen molar-refractivity contribution in [2.75, 3.05) is 32.8 Å². The van der Waals surface area contributed by atoms with Gasteiger partial charge in [0, 0.05) is 57.4 Å². The first kappa shape index (κ1) is 27.9. The Labute approximate surface area is 207 Å². The molecule has 3 atom stereocenters. The quantitative estimate of drug-likeness (QED) is 0.553. The molecule has 2 fully saturated rings. The van der Waals surface area contributed by atoms with Crippen molar-refractivity contribution in [2.24, 2.45) is 11.7 Å². The molecule has 1 aliphatic carbocycles. The fourth-order valence-electron chi connectivity index (χ4n) is 5.26. The minimum absolute atomic E-state index is 0.0453.